The smallest absolute Gasteiger partial charge is 0.348 e. The van der Waals surface area contributed by atoms with Crippen molar-refractivity contribution in [3.63, 3.8) is 0 Å². The van der Waals surface area contributed by atoms with Gasteiger partial charge in [0.25, 0.3) is 0 Å². The third-order valence-electron chi connectivity index (χ3n) is 3.60. The molecule has 0 aliphatic carbocycles. The van der Waals surface area contributed by atoms with Crippen molar-refractivity contribution in [1.29, 1.82) is 0 Å². The fraction of sp³-hybridized carbons (Fsp3) is 0.818. The topological polar surface area (TPSA) is 71.1 Å². The van der Waals surface area contributed by atoms with Gasteiger partial charge in [0.1, 0.15) is 12.2 Å². The van der Waals surface area contributed by atoms with Crippen LogP contribution in [0.15, 0.2) is 0 Å². The van der Waals surface area contributed by atoms with Crippen molar-refractivity contribution >= 4 is 11.9 Å². The Bertz CT molecular complexity index is 394. The summed E-state index contributed by atoms with van der Waals surface area (Å²) >= 11 is 0. The Hall–Kier alpha value is -0.980. The van der Waals surface area contributed by atoms with Gasteiger partial charge >= 0.3 is 11.9 Å². The summed E-state index contributed by atoms with van der Waals surface area (Å²) < 4.78 is 21.7. The molecule has 0 radical (unpaired) electrons. The first-order valence-electron chi connectivity index (χ1n) is 5.52. The summed E-state index contributed by atoms with van der Waals surface area (Å²) in [4.78, 5) is 23.6. The van der Waals surface area contributed by atoms with Gasteiger partial charge in [0.2, 0.25) is 0 Å². The van der Waals surface area contributed by atoms with E-state index in [-0.39, 0.29) is 0 Å². The number of carbonyl (C=O) groups is 2. The van der Waals surface area contributed by atoms with Gasteiger partial charge in [-0.2, -0.15) is 0 Å². The highest BCUT2D eigenvalue weighted by molar-refractivity contribution is 5.99. The second kappa shape index (κ2) is 2.71. The quantitative estimate of drug-likeness (QED) is 0.444. The number of ether oxygens (including phenoxy) is 4. The minimum Gasteiger partial charge on any atom is -0.389 e. The second-order valence-electron chi connectivity index (χ2n) is 5.47. The molecule has 3 rings (SSSR count). The second-order valence-corrected chi connectivity index (χ2v) is 5.47. The van der Waals surface area contributed by atoms with Crippen molar-refractivity contribution in [2.24, 2.45) is 0 Å². The van der Waals surface area contributed by atoms with E-state index in [4.69, 9.17) is 18.9 Å². The maximum Gasteiger partial charge on any atom is 0.348 e. The summed E-state index contributed by atoms with van der Waals surface area (Å²) in [6, 6.07) is 0. The van der Waals surface area contributed by atoms with Gasteiger partial charge in [0.15, 0.2) is 17.0 Å². The highest BCUT2D eigenvalue weighted by Crippen LogP contribution is 2.51. The van der Waals surface area contributed by atoms with Crippen LogP contribution in [0, 0.1) is 0 Å². The van der Waals surface area contributed by atoms with Crippen LogP contribution in [0.3, 0.4) is 0 Å². The lowest BCUT2D eigenvalue weighted by Gasteiger charge is -2.36. The molecule has 4 atom stereocenters. The van der Waals surface area contributed by atoms with Crippen LogP contribution >= 0.6 is 0 Å². The summed E-state index contributed by atoms with van der Waals surface area (Å²) in [7, 11) is 0. The zero-order chi connectivity index (χ0) is 12.6. The minimum atomic E-state index is -1.28. The molecule has 0 spiro atoms. The van der Waals surface area contributed by atoms with E-state index in [1.54, 1.807) is 27.7 Å². The summed E-state index contributed by atoms with van der Waals surface area (Å²) in [6.45, 7) is 6.61. The molecule has 3 aliphatic heterocycles. The maximum atomic E-state index is 11.8. The van der Waals surface area contributed by atoms with Gasteiger partial charge in [-0.3, -0.25) is 0 Å². The predicted molar refractivity (Wildman–Crippen MR) is 52.8 cm³/mol. The van der Waals surface area contributed by atoms with Gasteiger partial charge in [0.05, 0.1) is 0 Å². The Labute approximate surface area is 98.1 Å². The standard InChI is InChI=1S/C11H14O6/c1-9(2)15-5-6(16-9)11(4)8(13)14-7(12)10(5,3)17-11/h5-6H,1-4H3/t5-,6+,10-,11+. The van der Waals surface area contributed by atoms with Gasteiger partial charge in [-0.05, 0) is 27.7 Å². The third-order valence-corrected chi connectivity index (χ3v) is 3.60. The van der Waals surface area contributed by atoms with Crippen LogP contribution in [0.5, 0.6) is 0 Å². The SMILES string of the molecule is CC1(C)O[C@@H]2[C@H](O1)[C@]1(C)O[C@@]2(C)C(=O)OC1=O. The number of hydrogen-bond donors (Lipinski definition) is 0. The molecule has 3 fully saturated rings. The summed E-state index contributed by atoms with van der Waals surface area (Å²) in [5.74, 6) is -2.26. The van der Waals surface area contributed by atoms with Gasteiger partial charge in [-0.1, -0.05) is 0 Å². The molecule has 3 saturated heterocycles. The molecule has 3 aliphatic rings. The fourth-order valence-electron chi connectivity index (χ4n) is 2.72. The average Bonchev–Trinajstić information content (AvgIpc) is 2.60. The van der Waals surface area contributed by atoms with Crippen LogP contribution in [0.4, 0.5) is 0 Å². The number of esters is 2. The maximum absolute atomic E-state index is 11.8. The van der Waals surface area contributed by atoms with Crippen LogP contribution in [-0.2, 0) is 28.5 Å². The van der Waals surface area contributed by atoms with E-state index in [0.29, 0.717) is 0 Å². The molecule has 94 valence electrons. The highest BCUT2D eigenvalue weighted by Gasteiger charge is 2.75. The van der Waals surface area contributed by atoms with Crippen LogP contribution < -0.4 is 0 Å². The van der Waals surface area contributed by atoms with E-state index < -0.39 is 41.1 Å². The average molecular weight is 242 g/mol. The van der Waals surface area contributed by atoms with E-state index >= 15 is 0 Å². The minimum absolute atomic E-state index is 0.624. The zero-order valence-corrected chi connectivity index (χ0v) is 10.1. The van der Waals surface area contributed by atoms with Crippen LogP contribution in [0.25, 0.3) is 0 Å². The van der Waals surface area contributed by atoms with Crippen molar-refractivity contribution in [1.82, 2.24) is 0 Å². The molecule has 6 heteroatoms. The predicted octanol–water partition coefficient (Wildman–Crippen LogP) is 0.137. The Morgan fingerprint density at radius 2 is 1.29 bits per heavy atom. The third kappa shape index (κ3) is 1.15. The molecule has 17 heavy (non-hydrogen) atoms. The normalized spacial score (nSPS) is 51.3. The molecule has 0 amide bonds. The molecular formula is C11H14O6. The molecule has 0 aromatic heterocycles. The molecule has 0 N–H and O–H groups in total. The van der Waals surface area contributed by atoms with Crippen molar-refractivity contribution < 1.29 is 28.5 Å². The van der Waals surface area contributed by atoms with Gasteiger partial charge in [-0.25, -0.2) is 9.59 Å². The molecule has 2 bridgehead atoms. The number of fused-ring (bicyclic) bond motifs is 5. The van der Waals surface area contributed by atoms with E-state index in [1.165, 1.54) is 0 Å². The van der Waals surface area contributed by atoms with Gasteiger partial charge in [-0.15, -0.1) is 0 Å². The Morgan fingerprint density at radius 1 is 0.882 bits per heavy atom. The number of carbonyl (C=O) groups excluding carboxylic acids is 2. The first-order chi connectivity index (χ1) is 7.69. The van der Waals surface area contributed by atoms with Gasteiger partial charge in [0, 0.05) is 0 Å². The van der Waals surface area contributed by atoms with Crippen molar-refractivity contribution in [2.45, 2.75) is 56.9 Å². The lowest BCUT2D eigenvalue weighted by Crippen LogP contribution is -2.56. The van der Waals surface area contributed by atoms with E-state index in [1.807, 2.05) is 0 Å². The van der Waals surface area contributed by atoms with Crippen molar-refractivity contribution in [3.05, 3.63) is 0 Å². The van der Waals surface area contributed by atoms with E-state index in [2.05, 4.69) is 0 Å². The Balaban J connectivity index is 2.11. The Morgan fingerprint density at radius 3 is 1.71 bits per heavy atom. The first kappa shape index (κ1) is 11.1. The van der Waals surface area contributed by atoms with Crippen LogP contribution in [0.2, 0.25) is 0 Å². The number of rotatable bonds is 0. The summed E-state index contributed by atoms with van der Waals surface area (Å²) in [5, 5.41) is 0. The molecule has 0 unspecified atom stereocenters. The molecular weight excluding hydrogens is 228 g/mol. The summed E-state index contributed by atoms with van der Waals surface area (Å²) in [5.41, 5.74) is -2.55. The molecule has 6 nitrogen and oxygen atoms in total. The lowest BCUT2D eigenvalue weighted by atomic mass is 9.93. The number of hydrogen-bond acceptors (Lipinski definition) is 6. The van der Waals surface area contributed by atoms with Crippen LogP contribution in [-0.4, -0.2) is 41.1 Å². The van der Waals surface area contributed by atoms with E-state index in [0.717, 1.165) is 0 Å². The largest absolute Gasteiger partial charge is 0.389 e. The molecule has 0 aromatic rings. The van der Waals surface area contributed by atoms with Gasteiger partial charge < -0.3 is 18.9 Å². The van der Waals surface area contributed by atoms with Crippen LogP contribution in [0.1, 0.15) is 27.7 Å². The first-order valence-corrected chi connectivity index (χ1v) is 5.52. The van der Waals surface area contributed by atoms with Crippen molar-refractivity contribution in [3.8, 4) is 0 Å². The van der Waals surface area contributed by atoms with E-state index in [9.17, 15) is 9.59 Å². The zero-order valence-electron chi connectivity index (χ0n) is 10.1. The molecule has 3 heterocycles. The van der Waals surface area contributed by atoms with Crippen molar-refractivity contribution in [2.75, 3.05) is 0 Å². The molecule has 0 saturated carbocycles. The fourth-order valence-corrected chi connectivity index (χ4v) is 2.72. The highest BCUT2D eigenvalue weighted by atomic mass is 16.8. The Kier molecular flexibility index (Phi) is 1.77. The monoisotopic (exact) mass is 242 g/mol. The number of cyclic esters (lactones) is 2. The molecule has 0 aromatic carbocycles. The lowest BCUT2D eigenvalue weighted by molar-refractivity contribution is -0.251. The summed E-state index contributed by atoms with van der Waals surface area (Å²) in [6.07, 6.45) is -1.25.